The summed E-state index contributed by atoms with van der Waals surface area (Å²) in [5, 5.41) is 15.0. The minimum Gasteiger partial charge on any atom is -0.508 e. The van der Waals surface area contributed by atoms with Crippen molar-refractivity contribution < 1.29 is 19.4 Å². The molecule has 3 rings (SSSR count). The minimum atomic E-state index is -0.690. The van der Waals surface area contributed by atoms with Gasteiger partial charge in [-0.2, -0.15) is 0 Å². The molecule has 0 unspecified atom stereocenters. The van der Waals surface area contributed by atoms with Crippen LogP contribution in [0.5, 0.6) is 5.75 Å². The first-order chi connectivity index (χ1) is 15.4. The van der Waals surface area contributed by atoms with Crippen molar-refractivity contribution in [2.75, 3.05) is 16.4 Å². The molecule has 0 heterocycles. The summed E-state index contributed by atoms with van der Waals surface area (Å²) in [4.78, 5) is 24.8. The second-order valence-corrected chi connectivity index (χ2v) is 7.20. The third kappa shape index (κ3) is 6.37. The smallest absolute Gasteiger partial charge is 0.412 e. The van der Waals surface area contributed by atoms with E-state index in [1.165, 1.54) is 18.2 Å². The Hall–Kier alpha value is -4.26. The predicted octanol–water partition coefficient (Wildman–Crippen LogP) is 5.10. The van der Waals surface area contributed by atoms with Crippen molar-refractivity contribution in [3.05, 3.63) is 96.6 Å². The van der Waals surface area contributed by atoms with Crippen molar-refractivity contribution in [1.29, 1.82) is 0 Å². The van der Waals surface area contributed by atoms with Crippen molar-refractivity contribution in [2.24, 2.45) is 5.92 Å². The van der Waals surface area contributed by atoms with Crippen LogP contribution >= 0.6 is 0 Å². The van der Waals surface area contributed by atoms with Crippen LogP contribution < -0.4 is 16.4 Å². The van der Waals surface area contributed by atoms with Gasteiger partial charge in [0.15, 0.2) is 0 Å². The fourth-order valence-corrected chi connectivity index (χ4v) is 3.05. The van der Waals surface area contributed by atoms with Gasteiger partial charge in [-0.05, 0) is 48.0 Å². The average molecular weight is 431 g/mol. The van der Waals surface area contributed by atoms with E-state index in [2.05, 4.69) is 10.6 Å². The Kier molecular flexibility index (Phi) is 7.48. The number of ether oxygens (including phenoxy) is 1. The molecule has 0 bridgehead atoms. The van der Waals surface area contributed by atoms with E-state index >= 15 is 0 Å². The molecule has 2 atom stereocenters. The van der Waals surface area contributed by atoms with Crippen LogP contribution in [0.1, 0.15) is 18.6 Å². The number of para-hydroxylation sites is 3. The molecular weight excluding hydrogens is 406 g/mol. The Morgan fingerprint density at radius 1 is 0.938 bits per heavy atom. The lowest BCUT2D eigenvalue weighted by molar-refractivity contribution is -0.111. The van der Waals surface area contributed by atoms with Crippen LogP contribution in [0.4, 0.5) is 21.9 Å². The van der Waals surface area contributed by atoms with Gasteiger partial charge in [0.2, 0.25) is 5.91 Å². The number of nitrogen functional groups attached to an aromatic ring is 1. The van der Waals surface area contributed by atoms with Gasteiger partial charge >= 0.3 is 6.09 Å². The van der Waals surface area contributed by atoms with Crippen molar-refractivity contribution in [2.45, 2.75) is 13.0 Å². The topological polar surface area (TPSA) is 114 Å². The summed E-state index contributed by atoms with van der Waals surface area (Å²) in [6.07, 6.45) is 1.71. The van der Waals surface area contributed by atoms with Crippen LogP contribution in [0.25, 0.3) is 0 Å². The molecule has 2 amide bonds. The Labute approximate surface area is 186 Å². The zero-order valence-electron chi connectivity index (χ0n) is 17.6. The first-order valence-corrected chi connectivity index (χ1v) is 10.1. The number of hydrogen-bond acceptors (Lipinski definition) is 5. The van der Waals surface area contributed by atoms with Crippen LogP contribution in [0.15, 0.2) is 91.0 Å². The molecule has 0 aliphatic rings. The monoisotopic (exact) mass is 431 g/mol. The molecule has 0 aromatic heterocycles. The van der Waals surface area contributed by atoms with Gasteiger partial charge in [0.1, 0.15) is 11.9 Å². The second-order valence-electron chi connectivity index (χ2n) is 7.20. The molecule has 7 nitrogen and oxygen atoms in total. The molecular formula is C25H25N3O4. The van der Waals surface area contributed by atoms with Crippen molar-refractivity contribution >= 4 is 29.1 Å². The number of nitrogens with two attached hydrogens (primary N) is 1. The third-order valence-corrected chi connectivity index (χ3v) is 4.72. The molecule has 3 aromatic rings. The molecule has 0 aliphatic heterocycles. The van der Waals surface area contributed by atoms with E-state index in [1.807, 2.05) is 13.0 Å². The molecule has 0 saturated heterocycles. The summed E-state index contributed by atoms with van der Waals surface area (Å²) in [6.45, 7) is 1.83. The molecule has 0 aliphatic carbocycles. The molecule has 164 valence electrons. The van der Waals surface area contributed by atoms with Gasteiger partial charge in [-0.3, -0.25) is 10.1 Å². The standard InChI is InChI=1S/C25H25N3O4/c1-17(11-16-23(30)28-22-10-6-5-9-21(22)26)24(18-12-14-20(29)15-13-18)32-25(31)27-19-7-3-2-4-8-19/h2-17,24,29H,26H2,1H3,(H,27,31)(H,28,30)/b16-11+/t17-,24+/m1/s1. The van der Waals surface area contributed by atoms with E-state index < -0.39 is 12.2 Å². The minimum absolute atomic E-state index is 0.101. The lowest BCUT2D eigenvalue weighted by Gasteiger charge is -2.23. The van der Waals surface area contributed by atoms with Gasteiger partial charge in [0, 0.05) is 11.6 Å². The lowest BCUT2D eigenvalue weighted by atomic mass is 9.96. The highest BCUT2D eigenvalue weighted by atomic mass is 16.6. The van der Waals surface area contributed by atoms with Crippen LogP contribution in [-0.2, 0) is 9.53 Å². The fraction of sp³-hybridized carbons (Fsp3) is 0.120. The average Bonchev–Trinajstić information content (AvgIpc) is 2.79. The van der Waals surface area contributed by atoms with Crippen LogP contribution in [0, 0.1) is 5.92 Å². The number of aromatic hydroxyl groups is 1. The Morgan fingerprint density at radius 2 is 1.59 bits per heavy atom. The number of benzene rings is 3. The first-order valence-electron chi connectivity index (χ1n) is 10.1. The molecule has 0 saturated carbocycles. The van der Waals surface area contributed by atoms with Gasteiger partial charge in [-0.25, -0.2) is 4.79 Å². The van der Waals surface area contributed by atoms with Gasteiger partial charge < -0.3 is 20.9 Å². The van der Waals surface area contributed by atoms with E-state index in [-0.39, 0.29) is 17.6 Å². The van der Waals surface area contributed by atoms with E-state index in [1.54, 1.807) is 66.7 Å². The predicted molar refractivity (Wildman–Crippen MR) is 125 cm³/mol. The SMILES string of the molecule is C[C@H](/C=C/C(=O)Nc1ccccc1N)[C@H](OC(=O)Nc1ccccc1)c1ccc(O)cc1. The first kappa shape index (κ1) is 22.4. The summed E-state index contributed by atoms with van der Waals surface area (Å²) in [7, 11) is 0. The van der Waals surface area contributed by atoms with E-state index in [0.717, 1.165) is 0 Å². The lowest BCUT2D eigenvalue weighted by Crippen LogP contribution is -2.21. The van der Waals surface area contributed by atoms with Crippen LogP contribution in [-0.4, -0.2) is 17.1 Å². The maximum atomic E-state index is 12.5. The van der Waals surface area contributed by atoms with Crippen molar-refractivity contribution in [1.82, 2.24) is 0 Å². The number of phenolic OH excluding ortho intramolecular Hbond substituents is 1. The number of phenols is 1. The number of hydrogen-bond donors (Lipinski definition) is 4. The fourth-order valence-electron chi connectivity index (χ4n) is 3.05. The number of anilines is 3. The second kappa shape index (κ2) is 10.7. The maximum absolute atomic E-state index is 12.5. The summed E-state index contributed by atoms with van der Waals surface area (Å²) in [5.41, 5.74) is 8.11. The molecule has 7 heteroatoms. The third-order valence-electron chi connectivity index (χ3n) is 4.72. The van der Waals surface area contributed by atoms with Gasteiger partial charge in [0.25, 0.3) is 0 Å². The van der Waals surface area contributed by atoms with Crippen LogP contribution in [0.2, 0.25) is 0 Å². The van der Waals surface area contributed by atoms with Crippen molar-refractivity contribution in [3.63, 3.8) is 0 Å². The molecule has 0 radical (unpaired) electrons. The molecule has 3 aromatic carbocycles. The summed E-state index contributed by atoms with van der Waals surface area (Å²) < 4.78 is 5.68. The molecule has 0 fully saturated rings. The highest BCUT2D eigenvalue weighted by Crippen LogP contribution is 2.29. The summed E-state index contributed by atoms with van der Waals surface area (Å²) in [5.74, 6) is -0.600. The van der Waals surface area contributed by atoms with Gasteiger partial charge in [-0.1, -0.05) is 55.5 Å². The van der Waals surface area contributed by atoms with E-state index in [4.69, 9.17) is 10.5 Å². The molecule has 32 heavy (non-hydrogen) atoms. The van der Waals surface area contributed by atoms with E-state index in [9.17, 15) is 14.7 Å². The number of amides is 2. The number of nitrogens with one attached hydrogen (secondary N) is 2. The zero-order valence-corrected chi connectivity index (χ0v) is 17.6. The highest BCUT2D eigenvalue weighted by Gasteiger charge is 2.22. The maximum Gasteiger partial charge on any atom is 0.412 e. The molecule has 0 spiro atoms. The zero-order chi connectivity index (χ0) is 22.9. The normalized spacial score (nSPS) is 12.7. The number of carbonyl (C=O) groups is 2. The van der Waals surface area contributed by atoms with E-state index in [0.29, 0.717) is 22.6 Å². The van der Waals surface area contributed by atoms with Gasteiger partial charge in [-0.15, -0.1) is 0 Å². The number of carbonyl (C=O) groups excluding carboxylic acids is 2. The number of rotatable bonds is 7. The summed E-state index contributed by atoms with van der Waals surface area (Å²) >= 11 is 0. The molecule has 5 N–H and O–H groups in total. The summed E-state index contributed by atoms with van der Waals surface area (Å²) in [6, 6.07) is 22.3. The largest absolute Gasteiger partial charge is 0.508 e. The van der Waals surface area contributed by atoms with Crippen molar-refractivity contribution in [3.8, 4) is 5.75 Å². The van der Waals surface area contributed by atoms with Gasteiger partial charge in [0.05, 0.1) is 11.4 Å². The highest BCUT2D eigenvalue weighted by molar-refractivity contribution is 6.01. The Balaban J connectivity index is 1.72. The Morgan fingerprint density at radius 3 is 2.28 bits per heavy atom. The quantitative estimate of drug-likeness (QED) is 0.307. The van der Waals surface area contributed by atoms with Crippen LogP contribution in [0.3, 0.4) is 0 Å². The Bertz CT molecular complexity index is 1080.